The average Bonchev–Trinajstić information content (AvgIpc) is 2.29. The number of carboxylic acid groups (broad SMARTS) is 1. The van der Waals surface area contributed by atoms with E-state index in [9.17, 15) is 22.8 Å². The lowest BCUT2D eigenvalue weighted by Crippen LogP contribution is -2.47. The highest BCUT2D eigenvalue weighted by Gasteiger charge is 2.40. The Kier molecular flexibility index (Phi) is 4.36. The third-order valence-corrected chi connectivity index (χ3v) is 2.28. The van der Waals surface area contributed by atoms with Crippen molar-refractivity contribution in [2.75, 3.05) is 5.73 Å². The van der Waals surface area contributed by atoms with Gasteiger partial charge in [0.15, 0.2) is 0 Å². The van der Waals surface area contributed by atoms with Gasteiger partial charge < -0.3 is 16.2 Å². The molecule has 0 aliphatic rings. The summed E-state index contributed by atoms with van der Waals surface area (Å²) < 4.78 is 36.1. The third kappa shape index (κ3) is 4.49. The summed E-state index contributed by atoms with van der Waals surface area (Å²) in [5.41, 5.74) is 6.31. The van der Waals surface area contributed by atoms with E-state index in [1.54, 1.807) is 0 Å². The molecule has 4 N–H and O–H groups in total. The van der Waals surface area contributed by atoms with Crippen LogP contribution in [0.5, 0.6) is 0 Å². The number of nitrogen functional groups attached to an aromatic ring is 1. The Hall–Kier alpha value is -2.25. The Morgan fingerprint density at radius 2 is 1.79 bits per heavy atom. The van der Waals surface area contributed by atoms with Gasteiger partial charge >= 0.3 is 18.1 Å². The van der Waals surface area contributed by atoms with Crippen LogP contribution in [0.25, 0.3) is 0 Å². The first-order valence-corrected chi connectivity index (χ1v) is 5.15. The summed E-state index contributed by atoms with van der Waals surface area (Å²) in [6.07, 6.45) is -5.38. The number of alkyl halides is 3. The zero-order chi connectivity index (χ0) is 14.6. The number of nitrogens with two attached hydrogens (primary N) is 1. The number of carbonyl (C=O) groups excluding carboxylic acids is 1. The summed E-state index contributed by atoms with van der Waals surface area (Å²) >= 11 is 0. The van der Waals surface area contributed by atoms with Gasteiger partial charge in [-0.2, -0.15) is 13.2 Å². The van der Waals surface area contributed by atoms with Crippen molar-refractivity contribution in [2.45, 2.75) is 18.6 Å². The van der Waals surface area contributed by atoms with E-state index in [1.807, 2.05) is 0 Å². The van der Waals surface area contributed by atoms with Crippen molar-refractivity contribution >= 4 is 17.6 Å². The SMILES string of the molecule is Nc1ccc(C[C@H](NC(=O)C(F)(F)F)C(=O)O)cc1. The standard InChI is InChI=1S/C11H11F3N2O3/c12-11(13,14)10(19)16-8(9(17)18)5-6-1-3-7(15)4-2-6/h1-4,8H,5,15H2,(H,16,19)(H,17,18)/t8-/m0/s1. The van der Waals surface area contributed by atoms with Gasteiger partial charge in [-0.05, 0) is 17.7 Å². The summed E-state index contributed by atoms with van der Waals surface area (Å²) in [6, 6.07) is 4.27. The number of anilines is 1. The molecule has 1 aromatic carbocycles. The number of benzene rings is 1. The lowest BCUT2D eigenvalue weighted by Gasteiger charge is -2.15. The van der Waals surface area contributed by atoms with Crippen molar-refractivity contribution in [3.05, 3.63) is 29.8 Å². The molecule has 0 saturated heterocycles. The largest absolute Gasteiger partial charge is 0.480 e. The minimum absolute atomic E-state index is 0.266. The lowest BCUT2D eigenvalue weighted by atomic mass is 10.1. The second-order valence-electron chi connectivity index (χ2n) is 3.81. The molecule has 1 aromatic rings. The second kappa shape index (κ2) is 5.59. The molecular weight excluding hydrogens is 265 g/mol. The van der Waals surface area contributed by atoms with E-state index in [2.05, 4.69) is 0 Å². The fourth-order valence-electron chi connectivity index (χ4n) is 1.33. The van der Waals surface area contributed by atoms with E-state index in [0.717, 1.165) is 0 Å². The molecule has 8 heteroatoms. The molecule has 0 bridgehead atoms. The van der Waals surface area contributed by atoms with E-state index in [0.29, 0.717) is 11.3 Å². The minimum Gasteiger partial charge on any atom is -0.480 e. The molecule has 1 amide bonds. The molecule has 0 fully saturated rings. The summed E-state index contributed by atoms with van der Waals surface area (Å²) in [7, 11) is 0. The van der Waals surface area contributed by atoms with Crippen LogP contribution in [0.3, 0.4) is 0 Å². The summed E-state index contributed by atoms with van der Waals surface area (Å²) in [6.45, 7) is 0. The number of hydrogen-bond donors (Lipinski definition) is 3. The van der Waals surface area contributed by atoms with Crippen molar-refractivity contribution in [3.8, 4) is 0 Å². The number of hydrogen-bond acceptors (Lipinski definition) is 3. The van der Waals surface area contributed by atoms with Crippen LogP contribution in [0.2, 0.25) is 0 Å². The number of carbonyl (C=O) groups is 2. The average molecular weight is 276 g/mol. The van der Waals surface area contributed by atoms with Crippen molar-refractivity contribution in [1.82, 2.24) is 5.32 Å². The number of aliphatic carboxylic acids is 1. The van der Waals surface area contributed by atoms with Crippen LogP contribution in [0.1, 0.15) is 5.56 Å². The Labute approximate surface area is 106 Å². The summed E-state index contributed by atoms with van der Waals surface area (Å²) in [5.74, 6) is -3.83. The molecule has 1 atom stereocenters. The molecule has 0 aliphatic carbocycles. The monoisotopic (exact) mass is 276 g/mol. The van der Waals surface area contributed by atoms with Gasteiger partial charge in [-0.15, -0.1) is 0 Å². The molecular formula is C11H11F3N2O3. The van der Waals surface area contributed by atoms with E-state index in [4.69, 9.17) is 10.8 Å². The quantitative estimate of drug-likeness (QED) is 0.714. The molecule has 5 nitrogen and oxygen atoms in total. The van der Waals surface area contributed by atoms with Gasteiger partial charge in [0.25, 0.3) is 0 Å². The van der Waals surface area contributed by atoms with Crippen LogP contribution in [-0.4, -0.2) is 29.2 Å². The lowest BCUT2D eigenvalue weighted by molar-refractivity contribution is -0.175. The Morgan fingerprint density at radius 1 is 1.26 bits per heavy atom. The molecule has 0 aromatic heterocycles. The van der Waals surface area contributed by atoms with E-state index in [-0.39, 0.29) is 6.42 Å². The molecule has 0 spiro atoms. The minimum atomic E-state index is -5.12. The van der Waals surface area contributed by atoms with Crippen molar-refractivity contribution in [3.63, 3.8) is 0 Å². The first-order valence-electron chi connectivity index (χ1n) is 5.15. The topological polar surface area (TPSA) is 92.4 Å². The predicted octanol–water partition coefficient (Wildman–Crippen LogP) is 0.943. The van der Waals surface area contributed by atoms with Gasteiger partial charge in [0.1, 0.15) is 6.04 Å². The summed E-state index contributed by atoms with van der Waals surface area (Å²) in [5, 5.41) is 10.2. The number of halogens is 3. The predicted molar refractivity (Wildman–Crippen MR) is 60.2 cm³/mol. The third-order valence-electron chi connectivity index (χ3n) is 2.28. The highest BCUT2D eigenvalue weighted by molar-refractivity contribution is 5.87. The van der Waals surface area contributed by atoms with Crippen LogP contribution in [0.4, 0.5) is 18.9 Å². The van der Waals surface area contributed by atoms with E-state index in [1.165, 1.54) is 29.6 Å². The van der Waals surface area contributed by atoms with Crippen molar-refractivity contribution < 1.29 is 27.9 Å². The number of rotatable bonds is 4. The number of amides is 1. The van der Waals surface area contributed by atoms with Crippen molar-refractivity contribution in [2.24, 2.45) is 0 Å². The summed E-state index contributed by atoms with van der Waals surface area (Å²) in [4.78, 5) is 21.5. The maximum absolute atomic E-state index is 12.0. The second-order valence-corrected chi connectivity index (χ2v) is 3.81. The smallest absolute Gasteiger partial charge is 0.471 e. The van der Waals surface area contributed by atoms with Gasteiger partial charge in [0.2, 0.25) is 0 Å². The van der Waals surface area contributed by atoms with Crippen LogP contribution in [-0.2, 0) is 16.0 Å². The molecule has 0 radical (unpaired) electrons. The zero-order valence-electron chi connectivity index (χ0n) is 9.57. The first kappa shape index (κ1) is 14.8. The highest BCUT2D eigenvalue weighted by atomic mass is 19.4. The fourth-order valence-corrected chi connectivity index (χ4v) is 1.33. The van der Waals surface area contributed by atoms with Crippen LogP contribution < -0.4 is 11.1 Å². The van der Waals surface area contributed by atoms with E-state index < -0.39 is 24.1 Å². The van der Waals surface area contributed by atoms with Gasteiger partial charge in [0.05, 0.1) is 0 Å². The number of carboxylic acids is 1. The number of nitrogens with one attached hydrogen (secondary N) is 1. The van der Waals surface area contributed by atoms with Crippen molar-refractivity contribution in [1.29, 1.82) is 0 Å². The van der Waals surface area contributed by atoms with Gasteiger partial charge in [-0.3, -0.25) is 4.79 Å². The zero-order valence-corrected chi connectivity index (χ0v) is 9.57. The molecule has 0 heterocycles. The molecule has 19 heavy (non-hydrogen) atoms. The Bertz CT molecular complexity index is 471. The van der Waals surface area contributed by atoms with Crippen LogP contribution in [0.15, 0.2) is 24.3 Å². The normalized spacial score (nSPS) is 12.8. The molecule has 104 valence electrons. The maximum atomic E-state index is 12.0. The molecule has 0 saturated carbocycles. The fraction of sp³-hybridized carbons (Fsp3) is 0.273. The first-order chi connectivity index (χ1) is 8.70. The molecule has 0 aliphatic heterocycles. The Morgan fingerprint density at radius 3 is 2.21 bits per heavy atom. The van der Waals surface area contributed by atoms with Crippen LogP contribution >= 0.6 is 0 Å². The van der Waals surface area contributed by atoms with Gasteiger partial charge in [0, 0.05) is 12.1 Å². The Balaban J connectivity index is 2.77. The van der Waals surface area contributed by atoms with Gasteiger partial charge in [-0.25, -0.2) is 4.79 Å². The van der Waals surface area contributed by atoms with Gasteiger partial charge in [-0.1, -0.05) is 12.1 Å². The maximum Gasteiger partial charge on any atom is 0.471 e. The van der Waals surface area contributed by atoms with E-state index >= 15 is 0 Å². The molecule has 1 rings (SSSR count). The van der Waals surface area contributed by atoms with Crippen LogP contribution in [0, 0.1) is 0 Å². The molecule has 0 unspecified atom stereocenters. The highest BCUT2D eigenvalue weighted by Crippen LogP contribution is 2.15.